The summed E-state index contributed by atoms with van der Waals surface area (Å²) < 4.78 is 10.4. The predicted octanol–water partition coefficient (Wildman–Crippen LogP) is 3.85. The molecule has 2 aromatic carbocycles. The molecule has 8 nitrogen and oxygen atoms in total. The molecule has 0 saturated carbocycles. The van der Waals surface area contributed by atoms with E-state index in [2.05, 4.69) is 10.3 Å². The summed E-state index contributed by atoms with van der Waals surface area (Å²) in [6.07, 6.45) is 0.0213. The molecule has 1 heterocycles. The van der Waals surface area contributed by atoms with E-state index in [0.29, 0.717) is 41.1 Å². The molecule has 1 fully saturated rings. The third-order valence-corrected chi connectivity index (χ3v) is 5.77. The van der Waals surface area contributed by atoms with Crippen LogP contribution in [0.15, 0.2) is 53.5 Å². The Bertz CT molecular complexity index is 1020. The summed E-state index contributed by atoms with van der Waals surface area (Å²) in [5.74, 6) is -0.181. The molecular formula is C23H25N3O5S. The average molecular weight is 456 g/mol. The third-order valence-electron chi connectivity index (χ3n) is 4.54. The van der Waals surface area contributed by atoms with Crippen LogP contribution < -0.4 is 10.1 Å². The molecule has 32 heavy (non-hydrogen) atoms. The number of amides is 2. The molecule has 1 aliphatic heterocycles. The molecule has 168 valence electrons. The van der Waals surface area contributed by atoms with E-state index in [0.717, 1.165) is 0 Å². The standard InChI is InChI=1S/C23H25N3O5S/c1-4-30-18-8-6-7-17(13-18)24-20(27)14-19-21(28)26(3)23(32-19)25-16-11-9-15(10-12-16)22(29)31-5-2/h6-13,19H,4-5,14H2,1-3H3,(H,24,27)/t19-/m0/s1. The van der Waals surface area contributed by atoms with Crippen LogP contribution in [-0.4, -0.2) is 53.4 Å². The molecule has 1 N–H and O–H groups in total. The Hall–Kier alpha value is -3.33. The van der Waals surface area contributed by atoms with E-state index < -0.39 is 11.2 Å². The molecule has 0 aliphatic carbocycles. The minimum atomic E-state index is -0.562. The number of anilines is 1. The van der Waals surface area contributed by atoms with Gasteiger partial charge in [-0.3, -0.25) is 14.5 Å². The van der Waals surface area contributed by atoms with Gasteiger partial charge >= 0.3 is 5.97 Å². The Labute approximate surface area is 191 Å². The van der Waals surface area contributed by atoms with Gasteiger partial charge in [0.2, 0.25) is 11.8 Å². The second-order valence-electron chi connectivity index (χ2n) is 6.88. The van der Waals surface area contributed by atoms with Crippen LogP contribution >= 0.6 is 11.8 Å². The summed E-state index contributed by atoms with van der Waals surface area (Å²) >= 11 is 1.24. The van der Waals surface area contributed by atoms with Crippen LogP contribution in [0.5, 0.6) is 5.75 Å². The van der Waals surface area contributed by atoms with Crippen molar-refractivity contribution >= 4 is 46.1 Å². The maximum atomic E-state index is 12.6. The SMILES string of the molecule is CCOC(=O)c1ccc(N=C2S[C@@H](CC(=O)Nc3cccc(OCC)c3)C(=O)N2C)cc1. The Balaban J connectivity index is 1.63. The quantitative estimate of drug-likeness (QED) is 0.607. The van der Waals surface area contributed by atoms with E-state index in [-0.39, 0.29) is 18.2 Å². The van der Waals surface area contributed by atoms with Crippen LogP contribution in [0.1, 0.15) is 30.6 Å². The van der Waals surface area contributed by atoms with Crippen molar-refractivity contribution in [1.29, 1.82) is 0 Å². The summed E-state index contributed by atoms with van der Waals surface area (Å²) in [6.45, 7) is 4.47. The van der Waals surface area contributed by atoms with Gasteiger partial charge in [-0.1, -0.05) is 17.8 Å². The zero-order chi connectivity index (χ0) is 23.1. The maximum Gasteiger partial charge on any atom is 0.338 e. The van der Waals surface area contributed by atoms with E-state index in [4.69, 9.17) is 9.47 Å². The van der Waals surface area contributed by atoms with Gasteiger partial charge in [-0.25, -0.2) is 9.79 Å². The number of benzene rings is 2. The van der Waals surface area contributed by atoms with Gasteiger partial charge in [-0.15, -0.1) is 0 Å². The molecule has 0 spiro atoms. The number of amidine groups is 1. The number of aliphatic imine (C=N–C) groups is 1. The second-order valence-corrected chi connectivity index (χ2v) is 8.05. The Morgan fingerprint density at radius 2 is 1.88 bits per heavy atom. The second kappa shape index (κ2) is 10.8. The number of nitrogens with one attached hydrogen (secondary N) is 1. The van der Waals surface area contributed by atoms with Crippen molar-refractivity contribution in [1.82, 2.24) is 4.90 Å². The molecule has 1 saturated heterocycles. The first-order chi connectivity index (χ1) is 15.4. The number of carbonyl (C=O) groups is 3. The van der Waals surface area contributed by atoms with Crippen molar-refractivity contribution in [2.45, 2.75) is 25.5 Å². The number of hydrogen-bond acceptors (Lipinski definition) is 7. The van der Waals surface area contributed by atoms with Crippen molar-refractivity contribution in [2.75, 3.05) is 25.6 Å². The molecule has 0 aromatic heterocycles. The number of ether oxygens (including phenoxy) is 2. The highest BCUT2D eigenvalue weighted by atomic mass is 32.2. The summed E-state index contributed by atoms with van der Waals surface area (Å²) in [5.41, 5.74) is 1.64. The van der Waals surface area contributed by atoms with E-state index in [9.17, 15) is 14.4 Å². The largest absolute Gasteiger partial charge is 0.494 e. The lowest BCUT2D eigenvalue weighted by atomic mass is 10.2. The maximum absolute atomic E-state index is 12.6. The number of nitrogens with zero attached hydrogens (tertiary/aromatic N) is 2. The number of hydrogen-bond donors (Lipinski definition) is 1. The van der Waals surface area contributed by atoms with Crippen molar-refractivity contribution in [3.05, 3.63) is 54.1 Å². The van der Waals surface area contributed by atoms with Gasteiger partial charge in [-0.2, -0.15) is 0 Å². The number of carbonyl (C=O) groups excluding carboxylic acids is 3. The minimum absolute atomic E-state index is 0.0213. The molecular weight excluding hydrogens is 430 g/mol. The monoisotopic (exact) mass is 455 g/mol. The summed E-state index contributed by atoms with van der Waals surface area (Å²) in [4.78, 5) is 42.8. The fraction of sp³-hybridized carbons (Fsp3) is 0.304. The molecule has 9 heteroatoms. The fourth-order valence-corrected chi connectivity index (χ4v) is 4.16. The first-order valence-electron chi connectivity index (χ1n) is 10.2. The molecule has 2 aromatic rings. The Morgan fingerprint density at radius 1 is 1.12 bits per heavy atom. The molecule has 0 unspecified atom stereocenters. The molecule has 3 rings (SSSR count). The van der Waals surface area contributed by atoms with Gasteiger partial charge < -0.3 is 14.8 Å². The number of rotatable bonds is 8. The van der Waals surface area contributed by atoms with Crippen molar-refractivity contribution in [3.8, 4) is 5.75 Å². The molecule has 1 atom stereocenters. The van der Waals surface area contributed by atoms with Crippen molar-refractivity contribution in [2.24, 2.45) is 4.99 Å². The van der Waals surface area contributed by atoms with Crippen LogP contribution in [0.4, 0.5) is 11.4 Å². The highest BCUT2D eigenvalue weighted by Crippen LogP contribution is 2.31. The summed E-state index contributed by atoms with van der Waals surface area (Å²) in [7, 11) is 1.63. The third kappa shape index (κ3) is 5.88. The number of esters is 1. The predicted molar refractivity (Wildman–Crippen MR) is 125 cm³/mol. The van der Waals surface area contributed by atoms with E-state index in [1.54, 1.807) is 56.4 Å². The number of thioether (sulfide) groups is 1. The highest BCUT2D eigenvalue weighted by Gasteiger charge is 2.37. The molecule has 1 aliphatic rings. The van der Waals surface area contributed by atoms with Gasteiger partial charge in [0.05, 0.1) is 24.5 Å². The van der Waals surface area contributed by atoms with Crippen LogP contribution in [0.25, 0.3) is 0 Å². The first-order valence-corrected chi connectivity index (χ1v) is 11.1. The average Bonchev–Trinajstić information content (AvgIpc) is 3.02. The summed E-state index contributed by atoms with van der Waals surface area (Å²) in [6, 6.07) is 13.7. The topological polar surface area (TPSA) is 97.3 Å². The van der Waals surface area contributed by atoms with Crippen molar-refractivity contribution in [3.63, 3.8) is 0 Å². The first kappa shape index (κ1) is 23.3. The van der Waals surface area contributed by atoms with Crippen molar-refractivity contribution < 1.29 is 23.9 Å². The lowest BCUT2D eigenvalue weighted by Crippen LogP contribution is -2.30. The molecule has 2 amide bonds. The smallest absolute Gasteiger partial charge is 0.338 e. The molecule has 0 radical (unpaired) electrons. The van der Waals surface area contributed by atoms with Crippen LogP contribution in [0, 0.1) is 0 Å². The van der Waals surface area contributed by atoms with E-state index in [1.165, 1.54) is 16.7 Å². The van der Waals surface area contributed by atoms with E-state index >= 15 is 0 Å². The van der Waals surface area contributed by atoms with Crippen LogP contribution in [-0.2, 0) is 14.3 Å². The highest BCUT2D eigenvalue weighted by molar-refractivity contribution is 8.15. The Morgan fingerprint density at radius 3 is 2.56 bits per heavy atom. The lowest BCUT2D eigenvalue weighted by molar-refractivity contribution is -0.127. The van der Waals surface area contributed by atoms with E-state index in [1.807, 2.05) is 13.0 Å². The van der Waals surface area contributed by atoms with Gasteiger partial charge in [0, 0.05) is 25.2 Å². The van der Waals surface area contributed by atoms with Crippen LogP contribution in [0.3, 0.4) is 0 Å². The minimum Gasteiger partial charge on any atom is -0.494 e. The summed E-state index contributed by atoms with van der Waals surface area (Å²) in [5, 5.41) is 2.74. The van der Waals surface area contributed by atoms with Gasteiger partial charge in [0.15, 0.2) is 5.17 Å². The Kier molecular flexibility index (Phi) is 7.88. The van der Waals surface area contributed by atoms with Gasteiger partial charge in [0.25, 0.3) is 0 Å². The van der Waals surface area contributed by atoms with Gasteiger partial charge in [-0.05, 0) is 50.2 Å². The van der Waals surface area contributed by atoms with Gasteiger partial charge in [0.1, 0.15) is 11.0 Å². The van der Waals surface area contributed by atoms with Crippen LogP contribution in [0.2, 0.25) is 0 Å². The lowest BCUT2D eigenvalue weighted by Gasteiger charge is -2.10. The zero-order valence-electron chi connectivity index (χ0n) is 18.2. The zero-order valence-corrected chi connectivity index (χ0v) is 19.0. The normalized spacial score (nSPS) is 16.8. The molecule has 0 bridgehead atoms. The fourth-order valence-electron chi connectivity index (χ4n) is 3.00.